The predicted molar refractivity (Wildman–Crippen MR) is 116 cm³/mol. The van der Waals surface area contributed by atoms with E-state index in [1.807, 2.05) is 0 Å². The maximum atomic E-state index is 14.4. The Morgan fingerprint density at radius 1 is 1.14 bits per heavy atom. The van der Waals surface area contributed by atoms with Gasteiger partial charge in [-0.25, -0.2) is 23.2 Å². The number of hydrogen-bond donors (Lipinski definition) is 1. The summed E-state index contributed by atoms with van der Waals surface area (Å²) in [5, 5.41) is 7.60. The predicted octanol–water partition coefficient (Wildman–Crippen LogP) is 3.05. The van der Waals surface area contributed by atoms with Crippen molar-refractivity contribution in [3.8, 4) is 11.3 Å². The number of hydrogen-bond acceptors (Lipinski definition) is 6. The lowest BCUT2D eigenvalue weighted by molar-refractivity contribution is -0.142. The number of anilines is 1. The highest BCUT2D eigenvalue weighted by atomic mass is 32.1. The van der Waals surface area contributed by atoms with Gasteiger partial charge in [-0.2, -0.15) is 18.3 Å². The molecule has 0 radical (unpaired) electrons. The van der Waals surface area contributed by atoms with Gasteiger partial charge in [0.25, 0.3) is 11.5 Å². The van der Waals surface area contributed by atoms with Crippen LogP contribution in [0.15, 0.2) is 33.3 Å². The van der Waals surface area contributed by atoms with Crippen LogP contribution >= 0.6 is 11.3 Å². The quantitative estimate of drug-likeness (QED) is 0.422. The molecule has 0 aliphatic rings. The number of aromatic nitrogens is 5. The van der Waals surface area contributed by atoms with Crippen LogP contribution < -0.4 is 16.6 Å². The number of rotatable bonds is 4. The minimum atomic E-state index is -5.25. The third-order valence-electron chi connectivity index (χ3n) is 5.35. The third kappa shape index (κ3) is 4.00. The molecule has 3 heterocycles. The van der Waals surface area contributed by atoms with Gasteiger partial charge in [0.15, 0.2) is 10.6 Å². The van der Waals surface area contributed by atoms with Crippen LogP contribution in [0.4, 0.5) is 27.1 Å². The van der Waals surface area contributed by atoms with E-state index in [0.29, 0.717) is 6.07 Å². The fourth-order valence-corrected chi connectivity index (χ4v) is 4.17. The maximum absolute atomic E-state index is 14.4. The Bertz CT molecular complexity index is 1600. The third-order valence-corrected chi connectivity index (χ3v) is 6.11. The van der Waals surface area contributed by atoms with Crippen LogP contribution in [-0.4, -0.2) is 29.8 Å². The number of nitrogens with zero attached hydrogens (tertiary/aromatic N) is 5. The topological polar surface area (TPSA) is 104 Å². The lowest BCUT2D eigenvalue weighted by atomic mass is 10.1. The lowest BCUT2D eigenvalue weighted by Crippen LogP contribution is -2.38. The molecule has 15 heteroatoms. The van der Waals surface area contributed by atoms with Crippen LogP contribution in [0.5, 0.6) is 0 Å². The highest BCUT2D eigenvalue weighted by molar-refractivity contribution is 7.14. The molecular formula is C20H15F5N6O3S. The van der Waals surface area contributed by atoms with Gasteiger partial charge in [0.1, 0.15) is 23.2 Å². The summed E-state index contributed by atoms with van der Waals surface area (Å²) in [6.07, 6.45) is -3.99. The highest BCUT2D eigenvalue weighted by Crippen LogP contribution is 2.38. The first-order valence-corrected chi connectivity index (χ1v) is 10.7. The van der Waals surface area contributed by atoms with Crippen LogP contribution in [0.3, 0.4) is 0 Å². The lowest BCUT2D eigenvalue weighted by Gasteiger charge is -2.13. The number of amides is 1. The smallest absolute Gasteiger partial charge is 0.300 e. The molecule has 1 aromatic carbocycles. The van der Waals surface area contributed by atoms with Gasteiger partial charge in [-0.05, 0) is 19.1 Å². The van der Waals surface area contributed by atoms with Gasteiger partial charge in [0.2, 0.25) is 0 Å². The van der Waals surface area contributed by atoms with E-state index in [1.54, 1.807) is 0 Å². The Balaban J connectivity index is 1.64. The second-order valence-electron chi connectivity index (χ2n) is 7.51. The number of benzene rings is 1. The minimum Gasteiger partial charge on any atom is -0.300 e. The Labute approximate surface area is 196 Å². The van der Waals surface area contributed by atoms with Crippen molar-refractivity contribution in [2.24, 2.45) is 14.1 Å². The average molecular weight is 514 g/mol. The standard InChI is InChI=1S/C20H15F5N6O3S/c1-8(31-15-12(6-26-31)29(2)19(34)30(3)17(15)33)16(32)28-18-27-11(7-35-18)9-4-5-10(21)13(14(9)22)20(23,24)25/h4-8H,1-3H3,(H,27,28,32)/t8-/m0/s1. The molecule has 4 aromatic rings. The van der Waals surface area contributed by atoms with Crippen molar-refractivity contribution in [3.05, 3.63) is 61.7 Å². The first-order valence-electron chi connectivity index (χ1n) is 9.78. The van der Waals surface area contributed by atoms with E-state index in [2.05, 4.69) is 15.4 Å². The normalized spacial score (nSPS) is 12.8. The summed E-state index contributed by atoms with van der Waals surface area (Å²) < 4.78 is 70.2. The zero-order valence-corrected chi connectivity index (χ0v) is 19.0. The summed E-state index contributed by atoms with van der Waals surface area (Å²) in [6.45, 7) is 1.43. The monoisotopic (exact) mass is 514 g/mol. The first kappa shape index (κ1) is 24.3. The summed E-state index contributed by atoms with van der Waals surface area (Å²) in [6, 6.07) is 0.237. The molecule has 0 aliphatic carbocycles. The van der Waals surface area contributed by atoms with E-state index in [4.69, 9.17) is 0 Å². The molecule has 4 rings (SSSR count). The number of aryl methyl sites for hydroxylation is 1. The largest absolute Gasteiger partial charge is 0.422 e. The second-order valence-corrected chi connectivity index (χ2v) is 8.37. The van der Waals surface area contributed by atoms with Gasteiger partial charge in [-0.3, -0.25) is 18.7 Å². The van der Waals surface area contributed by atoms with Crippen LogP contribution in [0.25, 0.3) is 22.3 Å². The van der Waals surface area contributed by atoms with E-state index >= 15 is 0 Å². The molecule has 0 saturated carbocycles. The Morgan fingerprint density at radius 3 is 2.49 bits per heavy atom. The molecule has 0 unspecified atom stereocenters. The van der Waals surface area contributed by atoms with E-state index < -0.39 is 52.1 Å². The minimum absolute atomic E-state index is 0.00476. The van der Waals surface area contributed by atoms with Crippen molar-refractivity contribution in [1.82, 2.24) is 23.9 Å². The maximum Gasteiger partial charge on any atom is 0.422 e. The van der Waals surface area contributed by atoms with Crippen LogP contribution in [0, 0.1) is 11.6 Å². The van der Waals surface area contributed by atoms with Gasteiger partial charge < -0.3 is 5.32 Å². The summed E-state index contributed by atoms with van der Waals surface area (Å²) in [5.74, 6) is -4.27. The Morgan fingerprint density at radius 2 is 1.83 bits per heavy atom. The van der Waals surface area contributed by atoms with Crippen molar-refractivity contribution >= 4 is 33.4 Å². The zero-order valence-electron chi connectivity index (χ0n) is 18.1. The first-order chi connectivity index (χ1) is 16.3. The Hall–Kier alpha value is -3.88. The number of thiazole rings is 1. The van der Waals surface area contributed by atoms with Crippen LogP contribution in [0.1, 0.15) is 18.5 Å². The number of carbonyl (C=O) groups is 1. The number of alkyl halides is 3. The van der Waals surface area contributed by atoms with Crippen molar-refractivity contribution < 1.29 is 26.7 Å². The molecule has 9 nitrogen and oxygen atoms in total. The van der Waals surface area contributed by atoms with Gasteiger partial charge in [-0.15, -0.1) is 11.3 Å². The summed E-state index contributed by atoms with van der Waals surface area (Å²) in [5.41, 5.74) is -3.89. The van der Waals surface area contributed by atoms with Gasteiger partial charge in [0.05, 0.1) is 17.4 Å². The number of nitrogens with one attached hydrogen (secondary N) is 1. The van der Waals surface area contributed by atoms with Crippen molar-refractivity contribution in [1.29, 1.82) is 0 Å². The number of halogens is 5. The molecule has 0 aliphatic heterocycles. The fourth-order valence-electron chi connectivity index (χ4n) is 3.46. The number of fused-ring (bicyclic) bond motifs is 1. The molecule has 0 spiro atoms. The summed E-state index contributed by atoms with van der Waals surface area (Å²) >= 11 is 0.802. The van der Waals surface area contributed by atoms with Crippen LogP contribution in [-0.2, 0) is 25.1 Å². The van der Waals surface area contributed by atoms with E-state index in [9.17, 15) is 36.3 Å². The highest BCUT2D eigenvalue weighted by Gasteiger charge is 2.39. The van der Waals surface area contributed by atoms with Gasteiger partial charge >= 0.3 is 11.9 Å². The van der Waals surface area contributed by atoms with E-state index in [0.717, 1.165) is 26.7 Å². The summed E-state index contributed by atoms with van der Waals surface area (Å²) in [4.78, 5) is 41.4. The molecule has 3 aromatic heterocycles. The van der Waals surface area contributed by atoms with Crippen molar-refractivity contribution in [2.45, 2.75) is 19.1 Å². The van der Waals surface area contributed by atoms with Gasteiger partial charge in [0, 0.05) is 25.0 Å². The molecular weight excluding hydrogens is 499 g/mol. The molecule has 0 saturated heterocycles. The van der Waals surface area contributed by atoms with Gasteiger partial charge in [-0.1, -0.05) is 0 Å². The molecule has 1 amide bonds. The van der Waals surface area contributed by atoms with E-state index in [-0.39, 0.29) is 21.9 Å². The van der Waals surface area contributed by atoms with Crippen LogP contribution in [0.2, 0.25) is 0 Å². The molecule has 35 heavy (non-hydrogen) atoms. The fraction of sp³-hybridized carbons (Fsp3) is 0.250. The second kappa shape index (κ2) is 8.41. The molecule has 184 valence electrons. The zero-order chi connectivity index (χ0) is 25.8. The van der Waals surface area contributed by atoms with Crippen molar-refractivity contribution in [3.63, 3.8) is 0 Å². The average Bonchev–Trinajstić information content (AvgIpc) is 3.42. The molecule has 0 bridgehead atoms. The summed E-state index contributed by atoms with van der Waals surface area (Å²) in [7, 11) is 2.72. The SMILES string of the molecule is C[C@@H](C(=O)Nc1nc(-c2ccc(F)c(C(F)(F)F)c2F)cs1)n1ncc2c1c(=O)n(C)c(=O)n2C. The number of carbonyl (C=O) groups excluding carboxylic acids is 1. The molecule has 1 N–H and O–H groups in total. The molecule has 1 atom stereocenters. The molecule has 0 fully saturated rings. The van der Waals surface area contributed by atoms with Crippen molar-refractivity contribution in [2.75, 3.05) is 5.32 Å². The van der Waals surface area contributed by atoms with E-state index in [1.165, 1.54) is 37.2 Å². The Kier molecular flexibility index (Phi) is 5.82.